The summed E-state index contributed by atoms with van der Waals surface area (Å²) >= 11 is 0. The highest BCUT2D eigenvalue weighted by Crippen LogP contribution is 2.24. The number of pyridine rings is 1. The summed E-state index contributed by atoms with van der Waals surface area (Å²) < 4.78 is 5.05. The minimum atomic E-state index is -0.0539. The van der Waals surface area contributed by atoms with Gasteiger partial charge in [-0.1, -0.05) is 24.3 Å². The molecule has 0 aliphatic carbocycles. The number of nitrogens with two attached hydrogens (primary N) is 1. The maximum absolute atomic E-state index is 12.7. The van der Waals surface area contributed by atoms with Crippen LogP contribution in [-0.2, 0) is 4.74 Å². The van der Waals surface area contributed by atoms with Gasteiger partial charge in [0.25, 0.3) is 5.91 Å². The van der Waals surface area contributed by atoms with Crippen molar-refractivity contribution in [2.24, 2.45) is 5.84 Å². The second-order valence-electron chi connectivity index (χ2n) is 4.59. The number of aromatic nitrogens is 1. The average molecular weight is 288 g/mol. The van der Waals surface area contributed by atoms with Crippen molar-refractivity contribution in [3.05, 3.63) is 36.0 Å². The third-order valence-electron chi connectivity index (χ3n) is 3.40. The van der Waals surface area contributed by atoms with Crippen LogP contribution >= 0.6 is 0 Å². The molecular formula is C15H20N4O2. The number of hydrogen-bond acceptors (Lipinski definition) is 5. The number of amides is 1. The van der Waals surface area contributed by atoms with Gasteiger partial charge < -0.3 is 15.1 Å². The molecule has 0 aliphatic heterocycles. The van der Waals surface area contributed by atoms with Gasteiger partial charge in [-0.2, -0.15) is 0 Å². The number of nitrogens with zero attached hydrogens (tertiary/aromatic N) is 2. The van der Waals surface area contributed by atoms with E-state index in [0.717, 1.165) is 10.8 Å². The fourth-order valence-corrected chi connectivity index (χ4v) is 2.25. The molecule has 0 aliphatic rings. The summed E-state index contributed by atoms with van der Waals surface area (Å²) in [5.74, 6) is 5.97. The zero-order valence-corrected chi connectivity index (χ0v) is 12.3. The number of carbonyl (C=O) groups is 1. The zero-order valence-electron chi connectivity index (χ0n) is 12.3. The van der Waals surface area contributed by atoms with E-state index >= 15 is 0 Å². The summed E-state index contributed by atoms with van der Waals surface area (Å²) in [6.45, 7) is 3.62. The molecule has 0 bridgehead atoms. The summed E-state index contributed by atoms with van der Waals surface area (Å²) in [7, 11) is 1.62. The Labute approximate surface area is 123 Å². The number of methoxy groups -OCH3 is 1. The maximum Gasteiger partial charge on any atom is 0.256 e. The highest BCUT2D eigenvalue weighted by Gasteiger charge is 2.18. The molecule has 0 radical (unpaired) electrons. The number of likely N-dealkylation sites (N-methyl/N-ethyl adjacent to an activating group) is 1. The summed E-state index contributed by atoms with van der Waals surface area (Å²) in [5.41, 5.74) is 3.13. The molecule has 0 spiro atoms. The van der Waals surface area contributed by atoms with E-state index in [2.05, 4.69) is 10.4 Å². The van der Waals surface area contributed by atoms with Gasteiger partial charge in [0.15, 0.2) is 0 Å². The van der Waals surface area contributed by atoms with Gasteiger partial charge in [-0.25, -0.2) is 10.8 Å². The second-order valence-corrected chi connectivity index (χ2v) is 4.59. The molecule has 1 aromatic carbocycles. The highest BCUT2D eigenvalue weighted by atomic mass is 16.5. The van der Waals surface area contributed by atoms with Crippen molar-refractivity contribution in [2.75, 3.05) is 32.2 Å². The Morgan fingerprint density at radius 2 is 2.10 bits per heavy atom. The van der Waals surface area contributed by atoms with Crippen LogP contribution in [-0.4, -0.2) is 42.6 Å². The summed E-state index contributed by atoms with van der Waals surface area (Å²) in [6, 6.07) is 7.57. The normalized spacial score (nSPS) is 10.6. The minimum Gasteiger partial charge on any atom is -0.383 e. The summed E-state index contributed by atoms with van der Waals surface area (Å²) in [6.07, 6.45) is 1.56. The summed E-state index contributed by atoms with van der Waals surface area (Å²) in [4.78, 5) is 18.6. The Morgan fingerprint density at radius 1 is 1.38 bits per heavy atom. The lowest BCUT2D eigenvalue weighted by atomic mass is 10.1. The Kier molecular flexibility index (Phi) is 5.08. The first-order valence-electron chi connectivity index (χ1n) is 6.85. The molecule has 6 heteroatoms. The Bertz CT molecular complexity index is 630. The van der Waals surface area contributed by atoms with Crippen molar-refractivity contribution in [3.63, 3.8) is 0 Å². The fourth-order valence-electron chi connectivity index (χ4n) is 2.25. The van der Waals surface area contributed by atoms with Crippen LogP contribution in [0.25, 0.3) is 10.8 Å². The van der Waals surface area contributed by atoms with Crippen LogP contribution in [0.4, 0.5) is 5.82 Å². The SMILES string of the molecule is CCN(CCOC)C(=O)c1cnc(NN)c2ccccc12. The predicted molar refractivity (Wildman–Crippen MR) is 83.0 cm³/mol. The van der Waals surface area contributed by atoms with Crippen LogP contribution in [0, 0.1) is 0 Å². The molecule has 3 N–H and O–H groups in total. The number of nitrogens with one attached hydrogen (secondary N) is 1. The van der Waals surface area contributed by atoms with E-state index in [0.29, 0.717) is 31.1 Å². The van der Waals surface area contributed by atoms with Crippen molar-refractivity contribution < 1.29 is 9.53 Å². The molecule has 0 atom stereocenters. The highest BCUT2D eigenvalue weighted by molar-refractivity contribution is 6.09. The quantitative estimate of drug-likeness (QED) is 0.624. The van der Waals surface area contributed by atoms with Crippen LogP contribution in [0.5, 0.6) is 0 Å². The molecule has 1 aromatic heterocycles. The third-order valence-corrected chi connectivity index (χ3v) is 3.40. The smallest absolute Gasteiger partial charge is 0.256 e. The molecule has 0 saturated heterocycles. The van der Waals surface area contributed by atoms with E-state index in [1.807, 2.05) is 31.2 Å². The largest absolute Gasteiger partial charge is 0.383 e. The lowest BCUT2D eigenvalue weighted by Gasteiger charge is -2.21. The maximum atomic E-state index is 12.7. The van der Waals surface area contributed by atoms with E-state index in [1.54, 1.807) is 18.2 Å². The number of benzene rings is 1. The van der Waals surface area contributed by atoms with Gasteiger partial charge in [0.2, 0.25) is 0 Å². The molecule has 0 saturated carbocycles. The van der Waals surface area contributed by atoms with E-state index in [1.165, 1.54) is 0 Å². The fraction of sp³-hybridized carbons (Fsp3) is 0.333. The predicted octanol–water partition coefficient (Wildman–Crippen LogP) is 1.63. The number of fused-ring (bicyclic) bond motifs is 1. The van der Waals surface area contributed by atoms with Crippen LogP contribution in [0.15, 0.2) is 30.5 Å². The van der Waals surface area contributed by atoms with Crippen molar-refractivity contribution in [1.29, 1.82) is 0 Å². The lowest BCUT2D eigenvalue weighted by molar-refractivity contribution is 0.0708. The molecular weight excluding hydrogens is 268 g/mol. The Morgan fingerprint density at radius 3 is 2.71 bits per heavy atom. The van der Waals surface area contributed by atoms with Gasteiger partial charge in [-0.15, -0.1) is 0 Å². The molecule has 0 unspecified atom stereocenters. The number of rotatable bonds is 6. The Hall–Kier alpha value is -2.18. The Balaban J connectivity index is 2.44. The number of hydrazine groups is 1. The first kappa shape index (κ1) is 15.2. The molecule has 1 amide bonds. The molecule has 2 rings (SSSR count). The van der Waals surface area contributed by atoms with Crippen LogP contribution in [0.3, 0.4) is 0 Å². The molecule has 6 nitrogen and oxygen atoms in total. The van der Waals surface area contributed by atoms with Crippen LogP contribution in [0.2, 0.25) is 0 Å². The monoisotopic (exact) mass is 288 g/mol. The molecule has 0 fully saturated rings. The van der Waals surface area contributed by atoms with Crippen molar-refractivity contribution in [2.45, 2.75) is 6.92 Å². The van der Waals surface area contributed by atoms with Crippen molar-refractivity contribution in [3.8, 4) is 0 Å². The molecule has 21 heavy (non-hydrogen) atoms. The molecule has 112 valence electrons. The van der Waals surface area contributed by atoms with Crippen molar-refractivity contribution in [1.82, 2.24) is 9.88 Å². The topological polar surface area (TPSA) is 80.5 Å². The molecule has 1 heterocycles. The number of ether oxygens (including phenoxy) is 1. The minimum absolute atomic E-state index is 0.0539. The van der Waals surface area contributed by atoms with Gasteiger partial charge in [0.1, 0.15) is 5.82 Å². The van der Waals surface area contributed by atoms with Crippen LogP contribution < -0.4 is 11.3 Å². The first-order valence-corrected chi connectivity index (χ1v) is 6.85. The zero-order chi connectivity index (χ0) is 15.2. The van der Waals surface area contributed by atoms with E-state index < -0.39 is 0 Å². The number of carbonyl (C=O) groups excluding carboxylic acids is 1. The van der Waals surface area contributed by atoms with E-state index in [4.69, 9.17) is 10.6 Å². The van der Waals surface area contributed by atoms with Crippen LogP contribution in [0.1, 0.15) is 17.3 Å². The number of hydrogen-bond donors (Lipinski definition) is 2. The standard InChI is InChI=1S/C15H20N4O2/c1-3-19(8-9-21-2)15(20)13-10-17-14(18-16)12-7-5-4-6-11(12)13/h4-7,10H,3,8-9,16H2,1-2H3,(H,17,18). The number of anilines is 1. The average Bonchev–Trinajstić information content (AvgIpc) is 2.54. The lowest BCUT2D eigenvalue weighted by Crippen LogP contribution is -2.34. The second kappa shape index (κ2) is 7.01. The van der Waals surface area contributed by atoms with Gasteiger partial charge in [0.05, 0.1) is 12.2 Å². The van der Waals surface area contributed by atoms with E-state index in [9.17, 15) is 4.79 Å². The van der Waals surface area contributed by atoms with E-state index in [-0.39, 0.29) is 5.91 Å². The van der Waals surface area contributed by atoms with Gasteiger partial charge in [-0.3, -0.25) is 4.79 Å². The van der Waals surface area contributed by atoms with Crippen molar-refractivity contribution >= 4 is 22.5 Å². The number of nitrogen functional groups attached to an aromatic ring is 1. The first-order chi connectivity index (χ1) is 10.2. The molecule has 2 aromatic rings. The van der Waals surface area contributed by atoms with Gasteiger partial charge in [0, 0.05) is 31.8 Å². The van der Waals surface area contributed by atoms with Gasteiger partial charge in [-0.05, 0) is 12.3 Å². The van der Waals surface area contributed by atoms with Gasteiger partial charge >= 0.3 is 0 Å². The third kappa shape index (κ3) is 3.12. The summed E-state index contributed by atoms with van der Waals surface area (Å²) in [5, 5.41) is 1.66.